The minimum atomic E-state index is -0.200. The smallest absolute Gasteiger partial charge is 0.196 e. The molecule has 5 aromatic rings. The van der Waals surface area contributed by atoms with Crippen LogP contribution in [0.4, 0.5) is 0 Å². The quantitative estimate of drug-likeness (QED) is 0.329. The Labute approximate surface area is 146 Å². The molecule has 0 aliphatic carbocycles. The molecule has 4 aromatic carbocycles. The fraction of sp³-hybridized carbons (Fsp3) is 0.0476. The van der Waals surface area contributed by atoms with Crippen molar-refractivity contribution in [1.29, 1.82) is 0 Å². The molecule has 0 bridgehead atoms. The van der Waals surface area contributed by atoms with E-state index >= 15 is 0 Å². The van der Waals surface area contributed by atoms with Crippen molar-refractivity contribution in [3.63, 3.8) is 0 Å². The van der Waals surface area contributed by atoms with E-state index < -0.39 is 0 Å². The molecule has 0 saturated heterocycles. The molecular formula is C21H13NO4. The first-order valence-corrected chi connectivity index (χ1v) is 8.18. The van der Waals surface area contributed by atoms with Gasteiger partial charge >= 0.3 is 0 Å². The monoisotopic (exact) mass is 343 g/mol. The second-order valence-corrected chi connectivity index (χ2v) is 6.43. The van der Waals surface area contributed by atoms with Crippen LogP contribution in [-0.2, 0) is 0 Å². The van der Waals surface area contributed by atoms with Gasteiger partial charge in [0.1, 0.15) is 5.75 Å². The van der Waals surface area contributed by atoms with Gasteiger partial charge in [0.15, 0.2) is 22.0 Å². The second kappa shape index (κ2) is 4.95. The maximum Gasteiger partial charge on any atom is 0.196 e. The molecule has 0 radical (unpaired) electrons. The minimum Gasteiger partial charge on any atom is -0.508 e. The number of aryl methyl sites for hydroxylation is 1. The van der Waals surface area contributed by atoms with Crippen LogP contribution >= 0.6 is 0 Å². The number of hydrogen-bond donors (Lipinski definition) is 2. The zero-order valence-electron chi connectivity index (χ0n) is 13.8. The van der Waals surface area contributed by atoms with Crippen molar-refractivity contribution in [2.45, 2.75) is 6.92 Å². The molecule has 1 aromatic heterocycles. The number of aromatic hydroxyl groups is 1. The summed E-state index contributed by atoms with van der Waals surface area (Å²) >= 11 is 0. The van der Waals surface area contributed by atoms with Gasteiger partial charge in [-0.15, -0.1) is 0 Å². The average molecular weight is 343 g/mol. The molecule has 0 aliphatic heterocycles. The standard InChI is InChI=1S/C21H13NO4/c1-10-8-16-19(22-14-7-6-11(23)9-15(14)26-16)18-17(10)20(24)12-4-2-3-5-13(12)21(18)25/h2-9,22-23H,1H3. The number of hydrogen-bond acceptors (Lipinski definition) is 4. The summed E-state index contributed by atoms with van der Waals surface area (Å²) in [7, 11) is 0. The molecule has 0 aliphatic rings. The Hall–Kier alpha value is -3.60. The van der Waals surface area contributed by atoms with Crippen LogP contribution < -0.4 is 10.9 Å². The molecule has 2 N–H and O–H groups in total. The van der Waals surface area contributed by atoms with E-state index in [1.807, 2.05) is 0 Å². The Bertz CT molecular complexity index is 1490. The molecule has 26 heavy (non-hydrogen) atoms. The normalized spacial score (nSPS) is 11.7. The van der Waals surface area contributed by atoms with Gasteiger partial charge in [0.05, 0.1) is 16.4 Å². The molecule has 0 saturated carbocycles. The van der Waals surface area contributed by atoms with Crippen molar-refractivity contribution in [3.8, 4) is 5.75 Å². The topological polar surface area (TPSA) is 83.3 Å². The van der Waals surface area contributed by atoms with E-state index in [0.717, 1.165) is 0 Å². The fourth-order valence-corrected chi connectivity index (χ4v) is 3.61. The highest BCUT2D eigenvalue weighted by molar-refractivity contribution is 6.11. The highest BCUT2D eigenvalue weighted by atomic mass is 16.3. The Balaban J connectivity index is 2.13. The van der Waals surface area contributed by atoms with Gasteiger partial charge in [-0.2, -0.15) is 0 Å². The summed E-state index contributed by atoms with van der Waals surface area (Å²) in [5.41, 5.74) is 2.35. The zero-order chi connectivity index (χ0) is 18.0. The third kappa shape index (κ3) is 1.85. The zero-order valence-corrected chi connectivity index (χ0v) is 13.8. The Morgan fingerprint density at radius 1 is 0.885 bits per heavy atom. The van der Waals surface area contributed by atoms with Crippen LogP contribution in [0.3, 0.4) is 0 Å². The molecule has 0 unspecified atom stereocenters. The predicted molar refractivity (Wildman–Crippen MR) is 102 cm³/mol. The van der Waals surface area contributed by atoms with E-state index in [4.69, 9.17) is 4.42 Å². The lowest BCUT2D eigenvalue weighted by Crippen LogP contribution is -2.14. The number of phenols is 1. The minimum absolute atomic E-state index is 0.0869. The second-order valence-electron chi connectivity index (χ2n) is 6.43. The van der Waals surface area contributed by atoms with Crippen molar-refractivity contribution >= 4 is 43.7 Å². The third-order valence-electron chi connectivity index (χ3n) is 4.80. The summed E-state index contributed by atoms with van der Waals surface area (Å²) in [6, 6.07) is 13.3. The van der Waals surface area contributed by atoms with Gasteiger partial charge in [-0.05, 0) is 30.7 Å². The number of aromatic amines is 1. The van der Waals surface area contributed by atoms with Crippen LogP contribution in [0.15, 0.2) is 62.5 Å². The third-order valence-corrected chi connectivity index (χ3v) is 4.80. The Kier molecular flexibility index (Phi) is 2.80. The molecule has 0 atom stereocenters. The summed E-state index contributed by atoms with van der Waals surface area (Å²) in [6.07, 6.45) is 0. The number of nitrogens with one attached hydrogen (secondary N) is 1. The van der Waals surface area contributed by atoms with Crippen molar-refractivity contribution in [2.24, 2.45) is 0 Å². The van der Waals surface area contributed by atoms with Gasteiger partial charge in [-0.25, -0.2) is 0 Å². The molecule has 0 fully saturated rings. The van der Waals surface area contributed by atoms with Crippen LogP contribution in [0.1, 0.15) is 5.56 Å². The van der Waals surface area contributed by atoms with Crippen LogP contribution in [-0.4, -0.2) is 10.1 Å². The molecule has 5 nitrogen and oxygen atoms in total. The molecule has 1 heterocycles. The Morgan fingerprint density at radius 2 is 1.58 bits per heavy atom. The lowest BCUT2D eigenvalue weighted by atomic mass is 9.98. The molecule has 5 heteroatoms. The van der Waals surface area contributed by atoms with E-state index in [0.29, 0.717) is 49.3 Å². The number of phenolic OH excluding ortho intramolecular Hbond substituents is 1. The summed E-state index contributed by atoms with van der Waals surface area (Å²) in [5.74, 6) is 0.0869. The van der Waals surface area contributed by atoms with Gasteiger partial charge in [0.25, 0.3) is 0 Å². The first-order valence-electron chi connectivity index (χ1n) is 8.18. The molecule has 126 valence electrons. The van der Waals surface area contributed by atoms with E-state index in [9.17, 15) is 14.7 Å². The van der Waals surface area contributed by atoms with Crippen molar-refractivity contribution in [1.82, 2.24) is 4.98 Å². The highest BCUT2D eigenvalue weighted by Gasteiger charge is 2.17. The SMILES string of the molecule is Cc1cc2oc3cc(O)ccc3[nH]c2c2c(=O)c3ccccc3c(=O)c12. The van der Waals surface area contributed by atoms with Crippen LogP contribution in [0.2, 0.25) is 0 Å². The lowest BCUT2D eigenvalue weighted by molar-refractivity contribution is 0.474. The summed E-state index contributed by atoms with van der Waals surface area (Å²) in [5, 5.41) is 11.2. The van der Waals surface area contributed by atoms with Gasteiger partial charge in [0.2, 0.25) is 0 Å². The lowest BCUT2D eigenvalue weighted by Gasteiger charge is -2.09. The highest BCUT2D eigenvalue weighted by Crippen LogP contribution is 2.29. The summed E-state index contributed by atoms with van der Waals surface area (Å²) < 4.78 is 5.89. The fourth-order valence-electron chi connectivity index (χ4n) is 3.61. The molecule has 0 amide bonds. The van der Waals surface area contributed by atoms with Gasteiger partial charge in [-0.3, -0.25) is 9.59 Å². The molecule has 5 rings (SSSR count). The number of aromatic nitrogens is 1. The van der Waals surface area contributed by atoms with Crippen molar-refractivity contribution in [3.05, 3.63) is 74.5 Å². The molecular weight excluding hydrogens is 330 g/mol. The van der Waals surface area contributed by atoms with Gasteiger partial charge in [-0.1, -0.05) is 24.3 Å². The summed E-state index contributed by atoms with van der Waals surface area (Å²) in [4.78, 5) is 29.3. The number of fused-ring (bicyclic) bond motifs is 5. The first kappa shape index (κ1) is 14.7. The van der Waals surface area contributed by atoms with Gasteiger partial charge in [0, 0.05) is 22.2 Å². The van der Waals surface area contributed by atoms with Crippen molar-refractivity contribution in [2.75, 3.05) is 0 Å². The maximum atomic E-state index is 13.2. The van der Waals surface area contributed by atoms with Crippen LogP contribution in [0, 0.1) is 6.92 Å². The largest absolute Gasteiger partial charge is 0.508 e. The number of H-pyrrole nitrogens is 1. The van der Waals surface area contributed by atoms with E-state index in [-0.39, 0.29) is 16.6 Å². The maximum absolute atomic E-state index is 13.2. The van der Waals surface area contributed by atoms with Crippen LogP contribution in [0.25, 0.3) is 43.7 Å². The van der Waals surface area contributed by atoms with Gasteiger partial charge < -0.3 is 14.5 Å². The van der Waals surface area contributed by atoms with E-state index in [1.54, 1.807) is 43.3 Å². The van der Waals surface area contributed by atoms with Crippen molar-refractivity contribution < 1.29 is 9.52 Å². The number of benzene rings is 4. The van der Waals surface area contributed by atoms with E-state index in [2.05, 4.69) is 4.98 Å². The Morgan fingerprint density at radius 3 is 2.31 bits per heavy atom. The number of rotatable bonds is 0. The molecule has 0 spiro atoms. The predicted octanol–water partition coefficient (Wildman–Crippen LogP) is 3.95. The van der Waals surface area contributed by atoms with E-state index in [1.165, 1.54) is 12.1 Å². The first-order chi connectivity index (χ1) is 12.5. The summed E-state index contributed by atoms with van der Waals surface area (Å²) in [6.45, 7) is 1.79. The van der Waals surface area contributed by atoms with Crippen LogP contribution in [0.5, 0.6) is 5.75 Å². The average Bonchev–Trinajstić information content (AvgIpc) is 2.64.